The van der Waals surface area contributed by atoms with Crippen molar-refractivity contribution in [1.82, 2.24) is 4.31 Å². The molecule has 0 aliphatic rings. The first kappa shape index (κ1) is 20.1. The number of alkyl halides is 3. The van der Waals surface area contributed by atoms with Crippen LogP contribution in [-0.2, 0) is 22.7 Å². The topological polar surface area (TPSA) is 55.8 Å². The van der Waals surface area contributed by atoms with Crippen LogP contribution in [0.4, 0.5) is 13.2 Å². The van der Waals surface area contributed by atoms with Crippen molar-refractivity contribution in [3.05, 3.63) is 53.6 Å². The Hall–Kier alpha value is -2.26. The van der Waals surface area contributed by atoms with Gasteiger partial charge in [-0.2, -0.15) is 17.5 Å². The van der Waals surface area contributed by atoms with Gasteiger partial charge in [0.2, 0.25) is 10.0 Å². The molecule has 0 radical (unpaired) electrons. The number of hydrogen-bond acceptors (Lipinski definition) is 4. The largest absolute Gasteiger partial charge is 0.493 e. The normalized spacial score (nSPS) is 12.3. The third kappa shape index (κ3) is 4.10. The standard InChI is InChI=1S/C17H18F3NO4S/c1-21(11-12-8-9-14(24-2)15(10-12)25-3)26(22,23)16-7-5-4-6-13(16)17(18,19)20/h4-10H,11H2,1-3H3. The van der Waals surface area contributed by atoms with Crippen molar-refractivity contribution >= 4 is 10.0 Å². The summed E-state index contributed by atoms with van der Waals surface area (Å²) in [6.07, 6.45) is -4.77. The lowest BCUT2D eigenvalue weighted by Gasteiger charge is -2.20. The summed E-state index contributed by atoms with van der Waals surface area (Å²) in [5.41, 5.74) is -0.655. The van der Waals surface area contributed by atoms with Gasteiger partial charge in [-0.15, -0.1) is 0 Å². The van der Waals surface area contributed by atoms with E-state index in [0.717, 1.165) is 22.5 Å². The van der Waals surface area contributed by atoms with E-state index in [-0.39, 0.29) is 6.54 Å². The Balaban J connectivity index is 2.37. The molecule has 26 heavy (non-hydrogen) atoms. The minimum absolute atomic E-state index is 0.130. The summed E-state index contributed by atoms with van der Waals surface area (Å²) in [7, 11) is -0.231. The molecule has 0 saturated heterocycles. The summed E-state index contributed by atoms with van der Waals surface area (Å²) >= 11 is 0. The molecule has 2 aromatic rings. The van der Waals surface area contributed by atoms with Gasteiger partial charge < -0.3 is 9.47 Å². The van der Waals surface area contributed by atoms with Crippen molar-refractivity contribution in [1.29, 1.82) is 0 Å². The van der Waals surface area contributed by atoms with E-state index in [4.69, 9.17) is 9.47 Å². The Bertz CT molecular complexity index is 882. The molecular formula is C17H18F3NO4S. The molecule has 0 unspecified atom stereocenters. The Labute approximate surface area is 150 Å². The summed E-state index contributed by atoms with van der Waals surface area (Å²) in [5, 5.41) is 0. The molecule has 0 saturated carbocycles. The second-order valence-electron chi connectivity index (χ2n) is 5.44. The molecule has 0 aliphatic heterocycles. The van der Waals surface area contributed by atoms with Crippen LogP contribution in [0.25, 0.3) is 0 Å². The van der Waals surface area contributed by atoms with Crippen LogP contribution in [0.2, 0.25) is 0 Å². The Morgan fingerprint density at radius 1 is 1.00 bits per heavy atom. The second-order valence-corrected chi connectivity index (χ2v) is 7.46. The molecule has 0 atom stereocenters. The monoisotopic (exact) mass is 389 g/mol. The lowest BCUT2D eigenvalue weighted by Crippen LogP contribution is -2.28. The number of sulfonamides is 1. The van der Waals surface area contributed by atoms with Crippen molar-refractivity contribution in [3.63, 3.8) is 0 Å². The van der Waals surface area contributed by atoms with Crippen LogP contribution < -0.4 is 9.47 Å². The predicted molar refractivity (Wildman–Crippen MR) is 89.6 cm³/mol. The number of hydrogen-bond donors (Lipinski definition) is 0. The highest BCUT2D eigenvalue weighted by Crippen LogP contribution is 2.35. The molecule has 0 spiro atoms. The van der Waals surface area contributed by atoms with Gasteiger partial charge in [-0.3, -0.25) is 0 Å². The number of methoxy groups -OCH3 is 2. The highest BCUT2D eigenvalue weighted by Gasteiger charge is 2.38. The first-order chi connectivity index (χ1) is 12.1. The lowest BCUT2D eigenvalue weighted by molar-refractivity contribution is -0.139. The molecule has 0 fully saturated rings. The molecule has 9 heteroatoms. The van der Waals surface area contributed by atoms with Gasteiger partial charge in [0.15, 0.2) is 11.5 Å². The van der Waals surface area contributed by atoms with E-state index >= 15 is 0 Å². The Morgan fingerprint density at radius 3 is 2.19 bits per heavy atom. The van der Waals surface area contributed by atoms with Gasteiger partial charge in [0.05, 0.1) is 24.7 Å². The summed E-state index contributed by atoms with van der Waals surface area (Å²) in [6.45, 7) is -0.130. The van der Waals surface area contributed by atoms with Gasteiger partial charge >= 0.3 is 6.18 Å². The first-order valence-corrected chi connectivity index (χ1v) is 8.88. The van der Waals surface area contributed by atoms with E-state index in [1.165, 1.54) is 27.3 Å². The van der Waals surface area contributed by atoms with Gasteiger partial charge in [-0.1, -0.05) is 18.2 Å². The molecule has 0 N–H and O–H groups in total. The number of rotatable bonds is 6. The van der Waals surface area contributed by atoms with E-state index in [1.807, 2.05) is 0 Å². The molecule has 142 valence electrons. The average Bonchev–Trinajstić information content (AvgIpc) is 2.60. The fourth-order valence-corrected chi connectivity index (χ4v) is 3.78. The SMILES string of the molecule is COc1ccc(CN(C)S(=O)(=O)c2ccccc2C(F)(F)F)cc1OC. The van der Waals surface area contributed by atoms with Crippen molar-refractivity contribution < 1.29 is 31.1 Å². The highest BCUT2D eigenvalue weighted by molar-refractivity contribution is 7.89. The fourth-order valence-electron chi connectivity index (χ4n) is 2.41. The molecule has 0 heterocycles. The van der Waals surface area contributed by atoms with Crippen LogP contribution in [-0.4, -0.2) is 34.0 Å². The highest BCUT2D eigenvalue weighted by atomic mass is 32.2. The quantitative estimate of drug-likeness (QED) is 0.758. The molecule has 2 aromatic carbocycles. The molecule has 0 bridgehead atoms. The summed E-state index contributed by atoms with van der Waals surface area (Å²) < 4.78 is 75.8. The van der Waals surface area contributed by atoms with Crippen LogP contribution in [0.15, 0.2) is 47.4 Å². The number of halogens is 3. The Kier molecular flexibility index (Phi) is 5.82. The van der Waals surface area contributed by atoms with Crippen molar-refractivity contribution in [2.24, 2.45) is 0 Å². The van der Waals surface area contributed by atoms with E-state index in [1.54, 1.807) is 18.2 Å². The van der Waals surface area contributed by atoms with Crippen molar-refractivity contribution in [3.8, 4) is 11.5 Å². The minimum Gasteiger partial charge on any atom is -0.493 e. The summed E-state index contributed by atoms with van der Waals surface area (Å²) in [4.78, 5) is -0.782. The van der Waals surface area contributed by atoms with Gasteiger partial charge in [-0.05, 0) is 29.8 Å². The van der Waals surface area contributed by atoms with Gasteiger partial charge in [0, 0.05) is 13.6 Å². The zero-order valence-electron chi connectivity index (χ0n) is 14.4. The van der Waals surface area contributed by atoms with Crippen molar-refractivity contribution in [2.75, 3.05) is 21.3 Å². The van der Waals surface area contributed by atoms with E-state index in [9.17, 15) is 21.6 Å². The van der Waals surface area contributed by atoms with Crippen molar-refractivity contribution in [2.45, 2.75) is 17.6 Å². The van der Waals surface area contributed by atoms with E-state index in [2.05, 4.69) is 0 Å². The molecule has 5 nitrogen and oxygen atoms in total. The molecule has 0 aliphatic carbocycles. The summed E-state index contributed by atoms with van der Waals surface area (Å²) in [6, 6.07) is 8.88. The smallest absolute Gasteiger partial charge is 0.417 e. The lowest BCUT2D eigenvalue weighted by atomic mass is 10.2. The number of ether oxygens (including phenoxy) is 2. The van der Waals surface area contributed by atoms with Crippen LogP contribution in [0, 0.1) is 0 Å². The van der Waals surface area contributed by atoms with Crippen LogP contribution in [0.1, 0.15) is 11.1 Å². The van der Waals surface area contributed by atoms with Gasteiger partial charge in [0.1, 0.15) is 0 Å². The fraction of sp³-hybridized carbons (Fsp3) is 0.294. The predicted octanol–water partition coefficient (Wildman–Crippen LogP) is 3.54. The zero-order chi connectivity index (χ0) is 19.5. The summed E-state index contributed by atoms with van der Waals surface area (Å²) in [5.74, 6) is 0.857. The second kappa shape index (κ2) is 7.55. The van der Waals surface area contributed by atoms with Crippen LogP contribution in [0.5, 0.6) is 11.5 Å². The average molecular weight is 389 g/mol. The first-order valence-electron chi connectivity index (χ1n) is 7.44. The zero-order valence-corrected chi connectivity index (χ0v) is 15.2. The molecule has 0 amide bonds. The van der Waals surface area contributed by atoms with Crippen LogP contribution in [0.3, 0.4) is 0 Å². The maximum atomic E-state index is 13.1. The number of benzene rings is 2. The molecule has 2 rings (SSSR count). The maximum absolute atomic E-state index is 13.1. The minimum atomic E-state index is -4.77. The molecule has 0 aromatic heterocycles. The third-order valence-electron chi connectivity index (χ3n) is 3.73. The van der Waals surface area contributed by atoms with Crippen LogP contribution >= 0.6 is 0 Å². The number of nitrogens with zero attached hydrogens (tertiary/aromatic N) is 1. The Morgan fingerprint density at radius 2 is 1.62 bits per heavy atom. The van der Waals surface area contributed by atoms with E-state index < -0.39 is 26.7 Å². The van der Waals surface area contributed by atoms with Gasteiger partial charge in [-0.25, -0.2) is 8.42 Å². The van der Waals surface area contributed by atoms with Gasteiger partial charge in [0.25, 0.3) is 0 Å². The molecular weight excluding hydrogens is 371 g/mol. The van der Waals surface area contributed by atoms with E-state index in [0.29, 0.717) is 17.1 Å². The third-order valence-corrected chi connectivity index (χ3v) is 5.60. The maximum Gasteiger partial charge on any atom is 0.417 e.